The molecule has 0 aromatic carbocycles. The summed E-state index contributed by atoms with van der Waals surface area (Å²) < 4.78 is 18.2. The van der Waals surface area contributed by atoms with Gasteiger partial charge in [0.05, 0.1) is 16.0 Å². The summed E-state index contributed by atoms with van der Waals surface area (Å²) in [5, 5.41) is 18.2. The van der Waals surface area contributed by atoms with Crippen LogP contribution in [0.4, 0.5) is 4.39 Å². The van der Waals surface area contributed by atoms with Crippen molar-refractivity contribution in [2.75, 3.05) is 0 Å². The third-order valence-corrected chi connectivity index (χ3v) is 3.26. The first kappa shape index (κ1) is 11.5. The monoisotopic (exact) mass is 272 g/mol. The first-order valence-corrected chi connectivity index (χ1v) is 6.08. The van der Waals surface area contributed by atoms with E-state index in [0.717, 1.165) is 0 Å². The Morgan fingerprint density at radius 1 is 1.26 bits per heavy atom. The van der Waals surface area contributed by atoms with Crippen LogP contribution in [0.5, 0.6) is 0 Å². The zero-order chi connectivity index (χ0) is 13.2. The summed E-state index contributed by atoms with van der Waals surface area (Å²) in [7, 11) is 0. The highest BCUT2D eigenvalue weighted by molar-refractivity contribution is 7.13. The number of pyridine rings is 1. The lowest BCUT2D eigenvalue weighted by atomic mass is 10.3. The molecule has 0 aliphatic heterocycles. The Morgan fingerprint density at radius 2 is 2.11 bits per heavy atom. The van der Waals surface area contributed by atoms with Crippen molar-refractivity contribution < 1.29 is 8.81 Å². The van der Waals surface area contributed by atoms with E-state index in [0.29, 0.717) is 21.9 Å². The summed E-state index contributed by atoms with van der Waals surface area (Å²) in [4.78, 5) is 4.23. The average Bonchev–Trinajstić information content (AvgIpc) is 3.08. The molecule has 0 fully saturated rings. The van der Waals surface area contributed by atoms with E-state index in [2.05, 4.69) is 15.2 Å². The molecule has 0 spiro atoms. The molecule has 19 heavy (non-hydrogen) atoms. The summed E-state index contributed by atoms with van der Waals surface area (Å²) in [6.45, 7) is 0. The van der Waals surface area contributed by atoms with Gasteiger partial charge in [0.2, 0.25) is 11.8 Å². The fourth-order valence-electron chi connectivity index (χ4n) is 1.45. The molecule has 0 saturated heterocycles. The van der Waals surface area contributed by atoms with Crippen LogP contribution in [-0.4, -0.2) is 15.2 Å². The molecular weight excluding hydrogens is 267 g/mol. The Balaban J connectivity index is 1.95. The maximum atomic E-state index is 12.7. The van der Waals surface area contributed by atoms with Crippen LogP contribution in [0.3, 0.4) is 0 Å². The van der Waals surface area contributed by atoms with Crippen LogP contribution in [0.1, 0.15) is 5.56 Å². The van der Waals surface area contributed by atoms with Crippen molar-refractivity contribution in [3.63, 3.8) is 0 Å². The number of aromatic nitrogens is 3. The molecule has 0 aliphatic carbocycles. The highest BCUT2D eigenvalue weighted by atomic mass is 32.1. The van der Waals surface area contributed by atoms with Crippen molar-refractivity contribution in [3.8, 4) is 28.3 Å². The van der Waals surface area contributed by atoms with E-state index in [1.165, 1.54) is 29.7 Å². The molecule has 0 unspecified atom stereocenters. The molecule has 0 saturated carbocycles. The van der Waals surface area contributed by atoms with Gasteiger partial charge in [0, 0.05) is 11.6 Å². The fourth-order valence-corrected chi connectivity index (χ4v) is 2.20. The van der Waals surface area contributed by atoms with Gasteiger partial charge in [-0.1, -0.05) is 0 Å². The fraction of sp³-hybridized carbons (Fsp3) is 0. The van der Waals surface area contributed by atoms with Gasteiger partial charge in [-0.15, -0.1) is 21.5 Å². The molecule has 3 aromatic heterocycles. The summed E-state index contributed by atoms with van der Waals surface area (Å²) in [5.74, 6) is 0.0145. The zero-order valence-corrected chi connectivity index (χ0v) is 10.2. The molecule has 7 heteroatoms. The second-order valence-electron chi connectivity index (χ2n) is 3.59. The minimum atomic E-state index is -0.569. The van der Waals surface area contributed by atoms with Crippen molar-refractivity contribution in [2.24, 2.45) is 0 Å². The van der Waals surface area contributed by atoms with E-state index in [1.807, 2.05) is 6.07 Å². The molecule has 3 heterocycles. The van der Waals surface area contributed by atoms with Gasteiger partial charge in [0.25, 0.3) is 5.89 Å². The average molecular weight is 272 g/mol. The number of rotatable bonds is 2. The standard InChI is InChI=1S/C12H5FN4OS/c13-10-2-1-8(5-15-10)11-16-17-12(18-11)9-3-7(4-14)6-19-9/h1-3,5-6H. The molecule has 0 aliphatic rings. The lowest BCUT2D eigenvalue weighted by molar-refractivity contribution is 0.576. The Kier molecular flexibility index (Phi) is 2.78. The van der Waals surface area contributed by atoms with Crippen LogP contribution in [0.2, 0.25) is 0 Å². The molecule has 3 rings (SSSR count). The Labute approximate surface area is 111 Å². The van der Waals surface area contributed by atoms with Gasteiger partial charge in [-0.25, -0.2) is 4.98 Å². The Bertz CT molecular complexity index is 757. The summed E-state index contributed by atoms with van der Waals surface area (Å²) in [6.07, 6.45) is 1.32. The summed E-state index contributed by atoms with van der Waals surface area (Å²) in [5.41, 5.74) is 1.08. The maximum absolute atomic E-state index is 12.7. The van der Waals surface area contributed by atoms with E-state index < -0.39 is 5.95 Å². The highest BCUT2D eigenvalue weighted by Crippen LogP contribution is 2.28. The van der Waals surface area contributed by atoms with Gasteiger partial charge in [-0.2, -0.15) is 9.65 Å². The minimum Gasteiger partial charge on any atom is -0.415 e. The minimum absolute atomic E-state index is 0.259. The van der Waals surface area contributed by atoms with E-state index in [4.69, 9.17) is 9.68 Å². The lowest BCUT2D eigenvalue weighted by Crippen LogP contribution is -1.83. The Hall–Kier alpha value is -2.59. The smallest absolute Gasteiger partial charge is 0.258 e. The van der Waals surface area contributed by atoms with Crippen molar-refractivity contribution >= 4 is 11.3 Å². The number of nitrogens with zero attached hydrogens (tertiary/aromatic N) is 4. The predicted molar refractivity (Wildman–Crippen MR) is 65.5 cm³/mol. The third kappa shape index (κ3) is 2.21. The van der Waals surface area contributed by atoms with Gasteiger partial charge in [0.1, 0.15) is 6.07 Å². The number of hydrogen-bond donors (Lipinski definition) is 0. The van der Waals surface area contributed by atoms with Gasteiger partial charge in [0.15, 0.2) is 0 Å². The van der Waals surface area contributed by atoms with E-state index in [-0.39, 0.29) is 5.89 Å². The first-order valence-electron chi connectivity index (χ1n) is 5.21. The third-order valence-electron chi connectivity index (χ3n) is 2.34. The van der Waals surface area contributed by atoms with Gasteiger partial charge < -0.3 is 4.42 Å². The second-order valence-corrected chi connectivity index (χ2v) is 4.50. The molecule has 3 aromatic rings. The summed E-state index contributed by atoms with van der Waals surface area (Å²) >= 11 is 1.34. The predicted octanol–water partition coefficient (Wildman–Crippen LogP) is 2.87. The molecule has 0 atom stereocenters. The van der Waals surface area contributed by atoms with Crippen LogP contribution in [0, 0.1) is 17.3 Å². The van der Waals surface area contributed by atoms with Crippen molar-refractivity contribution in [3.05, 3.63) is 41.3 Å². The van der Waals surface area contributed by atoms with Crippen molar-refractivity contribution in [1.82, 2.24) is 15.2 Å². The maximum Gasteiger partial charge on any atom is 0.258 e. The van der Waals surface area contributed by atoms with Crippen LogP contribution in [-0.2, 0) is 0 Å². The molecular formula is C12H5FN4OS. The van der Waals surface area contributed by atoms with E-state index >= 15 is 0 Å². The molecule has 0 bridgehead atoms. The van der Waals surface area contributed by atoms with Gasteiger partial charge in [-0.3, -0.25) is 0 Å². The Morgan fingerprint density at radius 3 is 2.79 bits per heavy atom. The van der Waals surface area contributed by atoms with Crippen LogP contribution < -0.4 is 0 Å². The van der Waals surface area contributed by atoms with Crippen LogP contribution in [0.25, 0.3) is 22.2 Å². The lowest BCUT2D eigenvalue weighted by Gasteiger charge is -1.92. The van der Waals surface area contributed by atoms with Crippen molar-refractivity contribution in [1.29, 1.82) is 5.26 Å². The van der Waals surface area contributed by atoms with Crippen LogP contribution in [0.15, 0.2) is 34.2 Å². The van der Waals surface area contributed by atoms with Gasteiger partial charge in [-0.05, 0) is 18.2 Å². The molecule has 0 amide bonds. The topological polar surface area (TPSA) is 75.6 Å². The largest absolute Gasteiger partial charge is 0.415 e. The van der Waals surface area contributed by atoms with Crippen LogP contribution >= 0.6 is 11.3 Å². The number of nitriles is 1. The van der Waals surface area contributed by atoms with Crippen molar-refractivity contribution in [2.45, 2.75) is 0 Å². The highest BCUT2D eigenvalue weighted by Gasteiger charge is 2.12. The SMILES string of the molecule is N#Cc1csc(-c2nnc(-c3ccc(F)nc3)o2)c1. The number of halogens is 1. The molecule has 5 nitrogen and oxygen atoms in total. The summed E-state index contributed by atoms with van der Waals surface area (Å²) in [6, 6.07) is 6.43. The van der Waals surface area contributed by atoms with E-state index in [9.17, 15) is 4.39 Å². The second kappa shape index (κ2) is 4.59. The molecule has 0 N–H and O–H groups in total. The normalized spacial score (nSPS) is 10.3. The number of hydrogen-bond acceptors (Lipinski definition) is 6. The zero-order valence-electron chi connectivity index (χ0n) is 9.37. The molecule has 0 radical (unpaired) electrons. The number of thiophene rings is 1. The van der Waals surface area contributed by atoms with E-state index in [1.54, 1.807) is 11.4 Å². The quantitative estimate of drug-likeness (QED) is 0.670. The molecule has 92 valence electrons. The van der Waals surface area contributed by atoms with Gasteiger partial charge >= 0.3 is 0 Å². The first-order chi connectivity index (χ1) is 9.26.